The van der Waals surface area contributed by atoms with Gasteiger partial charge in [0, 0.05) is 5.92 Å². The number of cyclic esters (lactones) is 1. The maximum absolute atomic E-state index is 12.9. The topological polar surface area (TPSA) is 64.6 Å². The van der Waals surface area contributed by atoms with Crippen LogP contribution < -0.4 is 10.1 Å². The minimum absolute atomic E-state index is 0.00554. The fourth-order valence-corrected chi connectivity index (χ4v) is 3.57. The van der Waals surface area contributed by atoms with Gasteiger partial charge in [0.1, 0.15) is 5.75 Å². The molecule has 0 aliphatic carbocycles. The number of rotatable bonds is 9. The van der Waals surface area contributed by atoms with E-state index in [0.29, 0.717) is 6.42 Å². The highest BCUT2D eigenvalue weighted by Crippen LogP contribution is 2.21. The standard InChI is InChI=1S/C23H27NO4/c1-16(7-6-10-17-11-13-19(27-2)14-12-17)21(25)22-20(24-23(26)28-22)15-18-8-4-3-5-9-18/h3-5,8-9,11-14,16,20,22H,6-7,10,15H2,1-2H3,(H,24,26)/t16-,20-,22?/m0/s1. The molecule has 1 N–H and O–H groups in total. The summed E-state index contributed by atoms with van der Waals surface area (Å²) in [4.78, 5) is 24.6. The molecule has 1 aliphatic heterocycles. The van der Waals surface area contributed by atoms with E-state index in [4.69, 9.17) is 9.47 Å². The van der Waals surface area contributed by atoms with Crippen LogP contribution in [-0.4, -0.2) is 31.1 Å². The van der Waals surface area contributed by atoms with Crippen molar-refractivity contribution in [3.8, 4) is 5.75 Å². The molecule has 1 saturated heterocycles. The second-order valence-electron chi connectivity index (χ2n) is 7.31. The quantitative estimate of drug-likeness (QED) is 0.714. The summed E-state index contributed by atoms with van der Waals surface area (Å²) >= 11 is 0. The number of hydrogen-bond acceptors (Lipinski definition) is 4. The Bertz CT molecular complexity index is 788. The molecule has 1 amide bonds. The van der Waals surface area contributed by atoms with Gasteiger partial charge in [0.05, 0.1) is 13.2 Å². The molecule has 2 aromatic carbocycles. The summed E-state index contributed by atoms with van der Waals surface area (Å²) in [6.07, 6.45) is 1.92. The molecule has 148 valence electrons. The first-order chi connectivity index (χ1) is 13.6. The molecule has 0 bridgehead atoms. The summed E-state index contributed by atoms with van der Waals surface area (Å²) in [5, 5.41) is 2.79. The number of aryl methyl sites for hydroxylation is 1. The van der Waals surface area contributed by atoms with Crippen LogP contribution in [0.5, 0.6) is 5.75 Å². The SMILES string of the molecule is COc1ccc(CCC[C@H](C)C(=O)C2OC(=O)N[C@H]2Cc2ccccc2)cc1. The molecule has 1 heterocycles. The van der Waals surface area contributed by atoms with Gasteiger partial charge in [-0.15, -0.1) is 0 Å². The van der Waals surface area contributed by atoms with Crippen LogP contribution in [0.1, 0.15) is 30.9 Å². The number of amides is 1. The van der Waals surface area contributed by atoms with Crippen molar-refractivity contribution in [1.29, 1.82) is 0 Å². The summed E-state index contributed by atoms with van der Waals surface area (Å²) in [6.45, 7) is 1.92. The summed E-state index contributed by atoms with van der Waals surface area (Å²) < 4.78 is 10.5. The third kappa shape index (κ3) is 5.12. The average molecular weight is 381 g/mol. The fraction of sp³-hybridized carbons (Fsp3) is 0.391. The molecule has 0 aromatic heterocycles. The second kappa shape index (κ2) is 9.40. The smallest absolute Gasteiger partial charge is 0.408 e. The first kappa shape index (κ1) is 19.9. The fourth-order valence-electron chi connectivity index (χ4n) is 3.57. The normalized spacial score (nSPS) is 19.6. The zero-order valence-corrected chi connectivity index (χ0v) is 16.4. The van der Waals surface area contributed by atoms with E-state index in [1.165, 1.54) is 5.56 Å². The van der Waals surface area contributed by atoms with Gasteiger partial charge < -0.3 is 14.8 Å². The van der Waals surface area contributed by atoms with E-state index in [2.05, 4.69) is 5.32 Å². The summed E-state index contributed by atoms with van der Waals surface area (Å²) in [5.41, 5.74) is 2.29. The van der Waals surface area contributed by atoms with Crippen LogP contribution >= 0.6 is 0 Å². The Labute approximate surface area is 166 Å². The monoisotopic (exact) mass is 381 g/mol. The molecule has 1 fully saturated rings. The van der Waals surface area contributed by atoms with Crippen molar-refractivity contribution in [1.82, 2.24) is 5.32 Å². The van der Waals surface area contributed by atoms with E-state index < -0.39 is 12.2 Å². The van der Waals surface area contributed by atoms with Gasteiger partial charge in [-0.25, -0.2) is 4.79 Å². The first-order valence-electron chi connectivity index (χ1n) is 9.74. The Balaban J connectivity index is 1.52. The van der Waals surface area contributed by atoms with Crippen LogP contribution in [-0.2, 0) is 22.4 Å². The van der Waals surface area contributed by atoms with E-state index in [9.17, 15) is 9.59 Å². The van der Waals surface area contributed by atoms with Crippen molar-refractivity contribution >= 4 is 11.9 Å². The van der Waals surface area contributed by atoms with E-state index >= 15 is 0 Å². The summed E-state index contributed by atoms with van der Waals surface area (Å²) in [6, 6.07) is 17.5. The van der Waals surface area contributed by atoms with Gasteiger partial charge in [-0.1, -0.05) is 49.4 Å². The Kier molecular flexibility index (Phi) is 6.69. The number of nitrogens with one attached hydrogen (secondary N) is 1. The molecule has 5 nitrogen and oxygen atoms in total. The van der Waals surface area contributed by atoms with Crippen LogP contribution in [0.2, 0.25) is 0 Å². The third-order valence-corrected chi connectivity index (χ3v) is 5.23. The largest absolute Gasteiger partial charge is 0.497 e. The number of benzene rings is 2. The highest BCUT2D eigenvalue weighted by molar-refractivity contribution is 5.90. The molecular formula is C23H27NO4. The molecular weight excluding hydrogens is 354 g/mol. The molecule has 28 heavy (non-hydrogen) atoms. The van der Waals surface area contributed by atoms with Crippen LogP contribution in [0.25, 0.3) is 0 Å². The van der Waals surface area contributed by atoms with Crippen molar-refractivity contribution in [2.24, 2.45) is 5.92 Å². The van der Waals surface area contributed by atoms with Gasteiger partial charge in [-0.3, -0.25) is 4.79 Å². The second-order valence-corrected chi connectivity index (χ2v) is 7.31. The molecule has 3 atom stereocenters. The predicted molar refractivity (Wildman–Crippen MR) is 107 cm³/mol. The molecule has 1 aliphatic rings. The van der Waals surface area contributed by atoms with Crippen LogP contribution in [0, 0.1) is 5.92 Å². The van der Waals surface area contributed by atoms with Crippen LogP contribution in [0.15, 0.2) is 54.6 Å². The number of alkyl carbamates (subject to hydrolysis) is 1. The maximum atomic E-state index is 12.9. The van der Waals surface area contributed by atoms with Gasteiger partial charge in [0.2, 0.25) is 0 Å². The van der Waals surface area contributed by atoms with Gasteiger partial charge in [-0.2, -0.15) is 0 Å². The maximum Gasteiger partial charge on any atom is 0.408 e. The van der Waals surface area contributed by atoms with Crippen LogP contribution in [0.4, 0.5) is 4.79 Å². The number of hydrogen-bond donors (Lipinski definition) is 1. The average Bonchev–Trinajstić information content (AvgIpc) is 3.08. The zero-order valence-electron chi connectivity index (χ0n) is 16.4. The number of Topliss-reactive ketones (excluding diaryl/α,β-unsaturated/α-hetero) is 1. The van der Waals surface area contributed by atoms with Crippen molar-refractivity contribution in [3.05, 3.63) is 65.7 Å². The van der Waals surface area contributed by atoms with Crippen molar-refractivity contribution < 1.29 is 19.1 Å². The number of carbonyl (C=O) groups excluding carboxylic acids is 2. The molecule has 0 radical (unpaired) electrons. The lowest BCUT2D eigenvalue weighted by atomic mass is 9.90. The Hall–Kier alpha value is -2.82. The lowest BCUT2D eigenvalue weighted by Gasteiger charge is -2.19. The van der Waals surface area contributed by atoms with Crippen molar-refractivity contribution in [2.75, 3.05) is 7.11 Å². The van der Waals surface area contributed by atoms with Crippen molar-refractivity contribution in [2.45, 2.75) is 44.8 Å². The highest BCUT2D eigenvalue weighted by atomic mass is 16.6. The molecule has 0 spiro atoms. The Morgan fingerprint density at radius 1 is 1.11 bits per heavy atom. The Morgan fingerprint density at radius 3 is 2.50 bits per heavy atom. The number of ether oxygens (including phenoxy) is 2. The predicted octanol–water partition coefficient (Wildman–Crippen LogP) is 3.94. The third-order valence-electron chi connectivity index (χ3n) is 5.23. The van der Waals surface area contributed by atoms with Gasteiger partial charge in [-0.05, 0) is 48.9 Å². The highest BCUT2D eigenvalue weighted by Gasteiger charge is 2.40. The van der Waals surface area contributed by atoms with Gasteiger partial charge >= 0.3 is 6.09 Å². The minimum atomic E-state index is -0.719. The van der Waals surface area contributed by atoms with E-state index in [1.807, 2.05) is 61.5 Å². The minimum Gasteiger partial charge on any atom is -0.497 e. The molecule has 0 saturated carbocycles. The lowest BCUT2D eigenvalue weighted by Crippen LogP contribution is -2.40. The first-order valence-corrected chi connectivity index (χ1v) is 9.74. The molecule has 5 heteroatoms. The van der Waals surface area contributed by atoms with Gasteiger partial charge in [0.15, 0.2) is 11.9 Å². The molecule has 2 aromatic rings. The summed E-state index contributed by atoms with van der Waals surface area (Å²) in [7, 11) is 1.65. The Morgan fingerprint density at radius 2 is 1.82 bits per heavy atom. The molecule has 1 unspecified atom stereocenters. The number of methoxy groups -OCH3 is 1. The van der Waals surface area contributed by atoms with E-state index in [-0.39, 0.29) is 17.7 Å². The number of carbonyl (C=O) groups is 2. The number of ketones is 1. The lowest BCUT2D eigenvalue weighted by molar-refractivity contribution is -0.130. The zero-order chi connectivity index (χ0) is 19.9. The van der Waals surface area contributed by atoms with E-state index in [1.54, 1.807) is 7.11 Å². The molecule has 3 rings (SSSR count). The van der Waals surface area contributed by atoms with E-state index in [0.717, 1.165) is 30.6 Å². The van der Waals surface area contributed by atoms with Crippen molar-refractivity contribution in [3.63, 3.8) is 0 Å². The summed E-state index contributed by atoms with van der Waals surface area (Å²) in [5.74, 6) is 0.676. The van der Waals surface area contributed by atoms with Gasteiger partial charge in [0.25, 0.3) is 0 Å². The van der Waals surface area contributed by atoms with Crippen LogP contribution in [0.3, 0.4) is 0 Å².